The van der Waals surface area contributed by atoms with Crippen LogP contribution in [0.4, 0.5) is 0 Å². The zero-order valence-electron chi connectivity index (χ0n) is 11.9. The van der Waals surface area contributed by atoms with Crippen molar-refractivity contribution in [3.8, 4) is 5.75 Å². The molecule has 1 aromatic carbocycles. The van der Waals surface area contributed by atoms with E-state index in [2.05, 4.69) is 18.3 Å². The molecule has 3 nitrogen and oxygen atoms in total. The van der Waals surface area contributed by atoms with Crippen LogP contribution in [0.5, 0.6) is 5.75 Å². The molecule has 2 atom stereocenters. The Morgan fingerprint density at radius 1 is 1.30 bits per heavy atom. The first kappa shape index (κ1) is 15.0. The molecule has 0 amide bonds. The summed E-state index contributed by atoms with van der Waals surface area (Å²) in [5.41, 5.74) is 2.16. The maximum atomic E-state index is 10.0. The molecule has 2 aromatic rings. The highest BCUT2D eigenvalue weighted by molar-refractivity contribution is 7.07. The van der Waals surface area contributed by atoms with Crippen LogP contribution in [0.3, 0.4) is 0 Å². The van der Waals surface area contributed by atoms with Gasteiger partial charge >= 0.3 is 0 Å². The van der Waals surface area contributed by atoms with E-state index >= 15 is 0 Å². The van der Waals surface area contributed by atoms with Crippen LogP contribution in [0.25, 0.3) is 0 Å². The highest BCUT2D eigenvalue weighted by atomic mass is 32.1. The number of hydrogen-bond donors (Lipinski definition) is 2. The first-order chi connectivity index (χ1) is 9.70. The van der Waals surface area contributed by atoms with E-state index in [1.165, 1.54) is 5.56 Å². The summed E-state index contributed by atoms with van der Waals surface area (Å²) in [5.74, 6) is 0.916. The van der Waals surface area contributed by atoms with E-state index in [1.807, 2.05) is 35.0 Å². The number of hydrogen-bond acceptors (Lipinski definition) is 4. The normalized spacial score (nSPS) is 13.9. The van der Waals surface area contributed by atoms with E-state index in [4.69, 9.17) is 4.74 Å². The van der Waals surface area contributed by atoms with Crippen molar-refractivity contribution < 1.29 is 9.84 Å². The molecule has 0 bridgehead atoms. The number of aliphatic hydroxyl groups is 1. The summed E-state index contributed by atoms with van der Waals surface area (Å²) in [5, 5.41) is 17.4. The van der Waals surface area contributed by atoms with Gasteiger partial charge in [-0.05, 0) is 47.4 Å². The van der Waals surface area contributed by atoms with E-state index in [9.17, 15) is 5.11 Å². The molecule has 0 aliphatic heterocycles. The Hall–Kier alpha value is -1.36. The first-order valence-electron chi connectivity index (χ1n) is 6.76. The van der Waals surface area contributed by atoms with Gasteiger partial charge in [0.05, 0.1) is 13.2 Å². The van der Waals surface area contributed by atoms with Crippen LogP contribution in [0.2, 0.25) is 0 Å². The summed E-state index contributed by atoms with van der Waals surface area (Å²) in [4.78, 5) is 0. The topological polar surface area (TPSA) is 41.5 Å². The molecule has 0 spiro atoms. The van der Waals surface area contributed by atoms with Crippen molar-refractivity contribution in [2.24, 2.45) is 0 Å². The molecule has 2 rings (SSSR count). The van der Waals surface area contributed by atoms with Crippen molar-refractivity contribution in [3.05, 3.63) is 52.2 Å². The third kappa shape index (κ3) is 4.07. The molecule has 108 valence electrons. The minimum absolute atomic E-state index is 0.277. The fourth-order valence-electron chi connectivity index (χ4n) is 2.17. The molecule has 0 fully saturated rings. The first-order valence-corrected chi connectivity index (χ1v) is 7.70. The fourth-order valence-corrected chi connectivity index (χ4v) is 2.88. The van der Waals surface area contributed by atoms with Gasteiger partial charge in [0.25, 0.3) is 0 Å². The number of methoxy groups -OCH3 is 1. The smallest absolute Gasteiger partial charge is 0.122 e. The van der Waals surface area contributed by atoms with Gasteiger partial charge in [0.2, 0.25) is 0 Å². The Morgan fingerprint density at radius 3 is 2.80 bits per heavy atom. The van der Waals surface area contributed by atoms with Gasteiger partial charge in [-0.2, -0.15) is 11.3 Å². The van der Waals surface area contributed by atoms with Crippen molar-refractivity contribution in [3.63, 3.8) is 0 Å². The molecule has 0 aliphatic rings. The quantitative estimate of drug-likeness (QED) is 0.824. The number of rotatable bonds is 7. The van der Waals surface area contributed by atoms with Crippen molar-refractivity contribution in [1.82, 2.24) is 5.32 Å². The van der Waals surface area contributed by atoms with Crippen LogP contribution in [-0.2, 0) is 6.42 Å². The lowest BCUT2D eigenvalue weighted by atomic mass is 10.1. The zero-order valence-corrected chi connectivity index (χ0v) is 12.7. The molecular weight excluding hydrogens is 270 g/mol. The van der Waals surface area contributed by atoms with Crippen molar-refractivity contribution in [1.29, 1.82) is 0 Å². The van der Waals surface area contributed by atoms with Gasteiger partial charge in [-0.1, -0.05) is 18.2 Å². The predicted octanol–water partition coefficient (Wildman–Crippen LogP) is 3.01. The van der Waals surface area contributed by atoms with Gasteiger partial charge in [0, 0.05) is 12.6 Å². The lowest BCUT2D eigenvalue weighted by molar-refractivity contribution is 0.171. The summed E-state index contributed by atoms with van der Waals surface area (Å²) < 4.78 is 5.35. The fraction of sp³-hybridized carbons (Fsp3) is 0.375. The van der Waals surface area contributed by atoms with E-state index in [1.54, 1.807) is 18.4 Å². The molecule has 1 heterocycles. The van der Waals surface area contributed by atoms with Gasteiger partial charge in [0.1, 0.15) is 5.75 Å². The molecule has 0 aliphatic carbocycles. The number of para-hydroxylation sites is 1. The van der Waals surface area contributed by atoms with Crippen LogP contribution in [0, 0.1) is 0 Å². The molecule has 0 saturated carbocycles. The number of thiophene rings is 1. The Balaban J connectivity index is 1.85. The van der Waals surface area contributed by atoms with E-state index in [0.29, 0.717) is 6.54 Å². The van der Waals surface area contributed by atoms with Gasteiger partial charge in [-0.3, -0.25) is 0 Å². The highest BCUT2D eigenvalue weighted by Gasteiger charge is 2.11. The lowest BCUT2D eigenvalue weighted by Crippen LogP contribution is -2.32. The molecule has 20 heavy (non-hydrogen) atoms. The second-order valence-electron chi connectivity index (χ2n) is 4.90. The number of benzene rings is 1. The second-order valence-corrected chi connectivity index (χ2v) is 5.68. The molecule has 4 heteroatoms. The monoisotopic (exact) mass is 291 g/mol. The average molecular weight is 291 g/mol. The second kappa shape index (κ2) is 7.43. The third-order valence-electron chi connectivity index (χ3n) is 3.31. The van der Waals surface area contributed by atoms with Gasteiger partial charge in [-0.25, -0.2) is 0 Å². The Labute approximate surface area is 124 Å². The van der Waals surface area contributed by atoms with Crippen molar-refractivity contribution in [2.45, 2.75) is 25.5 Å². The molecular formula is C16H21NO2S. The SMILES string of the molecule is COc1ccccc1CC(C)NCC(O)c1ccsc1. The summed E-state index contributed by atoms with van der Waals surface area (Å²) in [6, 6.07) is 10.3. The van der Waals surface area contributed by atoms with Crippen LogP contribution >= 0.6 is 11.3 Å². The summed E-state index contributed by atoms with van der Waals surface area (Å²) in [6.45, 7) is 2.68. The van der Waals surface area contributed by atoms with Gasteiger partial charge in [0.15, 0.2) is 0 Å². The molecule has 1 aromatic heterocycles. The number of ether oxygens (including phenoxy) is 1. The summed E-state index contributed by atoms with van der Waals surface area (Å²) in [7, 11) is 1.69. The number of aliphatic hydroxyl groups excluding tert-OH is 1. The van der Waals surface area contributed by atoms with E-state index in [0.717, 1.165) is 17.7 Å². The molecule has 2 unspecified atom stereocenters. The highest BCUT2D eigenvalue weighted by Crippen LogP contribution is 2.19. The van der Waals surface area contributed by atoms with Gasteiger partial charge < -0.3 is 15.2 Å². The summed E-state index contributed by atoms with van der Waals surface area (Å²) >= 11 is 1.61. The maximum absolute atomic E-state index is 10.0. The Bertz CT molecular complexity index is 513. The number of nitrogens with one attached hydrogen (secondary N) is 1. The standard InChI is InChI=1S/C16H21NO2S/c1-12(9-13-5-3-4-6-16(13)19-2)17-10-15(18)14-7-8-20-11-14/h3-8,11-12,15,17-18H,9-10H2,1-2H3. The summed E-state index contributed by atoms with van der Waals surface area (Å²) in [6.07, 6.45) is 0.432. The molecule has 0 radical (unpaired) electrons. The Morgan fingerprint density at radius 2 is 2.10 bits per heavy atom. The van der Waals surface area contributed by atoms with Crippen molar-refractivity contribution in [2.75, 3.05) is 13.7 Å². The Kier molecular flexibility index (Phi) is 5.59. The van der Waals surface area contributed by atoms with E-state index in [-0.39, 0.29) is 6.04 Å². The largest absolute Gasteiger partial charge is 0.496 e. The minimum Gasteiger partial charge on any atom is -0.496 e. The third-order valence-corrected chi connectivity index (χ3v) is 4.01. The van der Waals surface area contributed by atoms with Crippen LogP contribution in [-0.4, -0.2) is 24.8 Å². The minimum atomic E-state index is -0.443. The van der Waals surface area contributed by atoms with Crippen LogP contribution in [0.15, 0.2) is 41.1 Å². The van der Waals surface area contributed by atoms with E-state index < -0.39 is 6.10 Å². The molecule has 2 N–H and O–H groups in total. The molecule has 0 saturated heterocycles. The average Bonchev–Trinajstić information content (AvgIpc) is 2.99. The van der Waals surface area contributed by atoms with Crippen LogP contribution < -0.4 is 10.1 Å². The van der Waals surface area contributed by atoms with Crippen LogP contribution in [0.1, 0.15) is 24.2 Å². The lowest BCUT2D eigenvalue weighted by Gasteiger charge is -2.18. The van der Waals surface area contributed by atoms with Crippen molar-refractivity contribution >= 4 is 11.3 Å². The maximum Gasteiger partial charge on any atom is 0.122 e. The predicted molar refractivity (Wildman–Crippen MR) is 83.4 cm³/mol. The van der Waals surface area contributed by atoms with Gasteiger partial charge in [-0.15, -0.1) is 0 Å². The zero-order chi connectivity index (χ0) is 14.4.